The van der Waals surface area contributed by atoms with Crippen molar-refractivity contribution in [2.75, 3.05) is 6.54 Å². The number of hydrogen-bond acceptors (Lipinski definition) is 6. The lowest BCUT2D eigenvalue weighted by atomic mass is 9.69. The van der Waals surface area contributed by atoms with Crippen molar-refractivity contribution >= 4 is 35.3 Å². The molecular formula is C38H61N5O6. The van der Waals surface area contributed by atoms with Gasteiger partial charge in [-0.25, -0.2) is 4.79 Å². The second-order valence-electron chi connectivity index (χ2n) is 17.0. The Hall–Kier alpha value is -2.98. The zero-order valence-electron chi connectivity index (χ0n) is 30.3. The van der Waals surface area contributed by atoms with Crippen LogP contribution in [0.15, 0.2) is 0 Å². The summed E-state index contributed by atoms with van der Waals surface area (Å²) in [6, 6.07) is -3.87. The summed E-state index contributed by atoms with van der Waals surface area (Å²) in [4.78, 5) is 83.0. The van der Waals surface area contributed by atoms with Crippen LogP contribution >= 0.6 is 0 Å². The number of ketones is 2. The lowest BCUT2D eigenvalue weighted by Gasteiger charge is -2.43. The van der Waals surface area contributed by atoms with E-state index in [-0.39, 0.29) is 40.8 Å². The molecule has 5 fully saturated rings. The highest BCUT2D eigenvalue weighted by atomic mass is 16.2. The molecule has 5 atom stereocenters. The fraction of sp³-hybridized carbons (Fsp3) is 0.842. The molecule has 0 radical (unpaired) electrons. The first-order chi connectivity index (χ1) is 23.3. The number of likely N-dealkylation sites (tertiary alicyclic amines) is 1. The van der Waals surface area contributed by atoms with Gasteiger partial charge in [0.1, 0.15) is 12.1 Å². The molecule has 0 aromatic carbocycles. The van der Waals surface area contributed by atoms with Crippen LogP contribution in [0.1, 0.15) is 137 Å². The topological polar surface area (TPSA) is 168 Å². The maximum absolute atomic E-state index is 14.9. The third-order valence-corrected chi connectivity index (χ3v) is 12.9. The Kier molecular flexibility index (Phi) is 11.8. The summed E-state index contributed by atoms with van der Waals surface area (Å²) in [7, 11) is 0. The van der Waals surface area contributed by atoms with Gasteiger partial charge in [0.15, 0.2) is 5.78 Å². The Bertz CT molecular complexity index is 1260. The van der Waals surface area contributed by atoms with Crippen LogP contribution in [0.2, 0.25) is 0 Å². The number of rotatable bonds is 15. The van der Waals surface area contributed by atoms with Crippen LogP contribution in [0.4, 0.5) is 4.79 Å². The monoisotopic (exact) mass is 683 g/mol. The van der Waals surface area contributed by atoms with Crippen molar-refractivity contribution < 1.29 is 28.8 Å². The molecule has 1 unspecified atom stereocenters. The van der Waals surface area contributed by atoms with Crippen LogP contribution in [-0.2, 0) is 24.0 Å². The first-order valence-corrected chi connectivity index (χ1v) is 19.3. The van der Waals surface area contributed by atoms with Crippen molar-refractivity contribution in [3.63, 3.8) is 0 Å². The molecule has 0 spiro atoms. The van der Waals surface area contributed by atoms with Gasteiger partial charge in [0.05, 0.1) is 12.1 Å². The first-order valence-electron chi connectivity index (χ1n) is 19.3. The van der Waals surface area contributed by atoms with Crippen LogP contribution in [0, 0.1) is 34.5 Å². The van der Waals surface area contributed by atoms with Crippen LogP contribution in [0.3, 0.4) is 0 Å². The maximum atomic E-state index is 14.9. The number of hydrogen-bond donors (Lipinski definition) is 4. The normalized spacial score (nSPS) is 26.2. The highest BCUT2D eigenvalue weighted by Crippen LogP contribution is 2.45. The van der Waals surface area contributed by atoms with E-state index < -0.39 is 53.2 Å². The zero-order valence-corrected chi connectivity index (χ0v) is 30.3. The van der Waals surface area contributed by atoms with E-state index in [1.807, 2.05) is 0 Å². The van der Waals surface area contributed by atoms with Crippen LogP contribution in [0.5, 0.6) is 0 Å². The molecule has 0 aromatic rings. The number of carbonyl (C=O) groups is 6. The van der Waals surface area contributed by atoms with E-state index in [0.29, 0.717) is 19.4 Å². The van der Waals surface area contributed by atoms with E-state index in [4.69, 9.17) is 5.73 Å². The van der Waals surface area contributed by atoms with Gasteiger partial charge >= 0.3 is 6.03 Å². The molecular weight excluding hydrogens is 622 g/mol. The van der Waals surface area contributed by atoms with Crippen molar-refractivity contribution in [3.05, 3.63) is 0 Å². The molecule has 1 aliphatic heterocycles. The third-order valence-electron chi connectivity index (χ3n) is 12.9. The minimum atomic E-state index is -1.08. The molecule has 11 nitrogen and oxygen atoms in total. The van der Waals surface area contributed by atoms with Gasteiger partial charge in [-0.1, -0.05) is 85.5 Å². The number of primary amides is 1. The highest BCUT2D eigenvalue weighted by Gasteiger charge is 2.52. The summed E-state index contributed by atoms with van der Waals surface area (Å²) in [6.07, 6.45) is 14.8. The largest absolute Gasteiger partial charge is 0.363 e. The second kappa shape index (κ2) is 15.5. The summed E-state index contributed by atoms with van der Waals surface area (Å²) in [5.74, 6) is -2.40. The van der Waals surface area contributed by atoms with Gasteiger partial charge in [-0.3, -0.25) is 24.0 Å². The van der Waals surface area contributed by atoms with Gasteiger partial charge in [0.25, 0.3) is 5.91 Å². The number of nitrogens with one attached hydrogen (secondary N) is 3. The van der Waals surface area contributed by atoms with E-state index >= 15 is 0 Å². The standard InChI is InChI=1S/C38H61N5O6/c1-5-37(2,3)26-18-21-43(29(26)34(47)40-27(22-23-14-15-23)31(45)33(39)46)35(48)32(38(4)19-10-7-11-20-38)42-36(49)41-28(30(44)25-16-17-25)24-12-8-6-9-13-24/h23-29,32H,5-22H2,1-4H3,(H2,39,46)(H,40,47)(H2,41,42,49)/t26-,27?,28-,29-,32+/m0/s1. The van der Waals surface area contributed by atoms with Crippen molar-refractivity contribution in [1.82, 2.24) is 20.9 Å². The number of carbonyl (C=O) groups excluding carboxylic acids is 6. The van der Waals surface area contributed by atoms with Gasteiger partial charge in [-0.05, 0) is 80.0 Å². The van der Waals surface area contributed by atoms with Gasteiger partial charge in [-0.2, -0.15) is 0 Å². The molecule has 5 N–H and O–H groups in total. The van der Waals surface area contributed by atoms with Gasteiger partial charge in [0.2, 0.25) is 17.6 Å². The fourth-order valence-corrected chi connectivity index (χ4v) is 8.96. The average Bonchev–Trinajstić information content (AvgIpc) is 4.03. The Morgan fingerprint density at radius 2 is 1.47 bits per heavy atom. The number of nitrogens with two attached hydrogens (primary N) is 1. The number of nitrogens with zero attached hydrogens (tertiary/aromatic N) is 1. The van der Waals surface area contributed by atoms with Crippen LogP contribution in [-0.4, -0.2) is 70.9 Å². The number of amides is 5. The molecule has 0 aromatic heterocycles. The minimum absolute atomic E-state index is 0.00780. The van der Waals surface area contributed by atoms with E-state index in [2.05, 4.69) is 43.6 Å². The molecule has 5 rings (SSSR count). The number of Topliss-reactive ketones (excluding diaryl/α,β-unsaturated/α-hetero) is 2. The molecule has 5 amide bonds. The molecule has 0 bridgehead atoms. The van der Waals surface area contributed by atoms with Crippen molar-refractivity contribution in [2.45, 2.75) is 161 Å². The predicted octanol–water partition coefficient (Wildman–Crippen LogP) is 4.55. The molecule has 4 aliphatic carbocycles. The fourth-order valence-electron chi connectivity index (χ4n) is 8.96. The van der Waals surface area contributed by atoms with E-state index in [0.717, 1.165) is 96.3 Å². The third kappa shape index (κ3) is 8.85. The smallest absolute Gasteiger partial charge is 0.316 e. The van der Waals surface area contributed by atoms with Crippen molar-refractivity contribution in [1.29, 1.82) is 0 Å². The predicted molar refractivity (Wildman–Crippen MR) is 186 cm³/mol. The van der Waals surface area contributed by atoms with Crippen LogP contribution < -0.4 is 21.7 Å². The molecule has 5 aliphatic rings. The summed E-state index contributed by atoms with van der Waals surface area (Å²) in [6.45, 7) is 8.64. The molecule has 11 heteroatoms. The Balaban J connectivity index is 1.41. The zero-order chi connectivity index (χ0) is 35.5. The van der Waals surface area contributed by atoms with E-state index in [9.17, 15) is 28.8 Å². The first kappa shape index (κ1) is 37.3. The minimum Gasteiger partial charge on any atom is -0.363 e. The quantitative estimate of drug-likeness (QED) is 0.185. The van der Waals surface area contributed by atoms with Gasteiger partial charge in [-0.15, -0.1) is 0 Å². The lowest BCUT2D eigenvalue weighted by molar-refractivity contribution is -0.146. The number of urea groups is 1. The van der Waals surface area contributed by atoms with Crippen molar-refractivity contribution in [2.24, 2.45) is 40.2 Å². The summed E-state index contributed by atoms with van der Waals surface area (Å²) in [5, 5.41) is 9.00. The SMILES string of the molecule is CCC(C)(C)[C@H]1CCN(C(=O)[C@@H](NC(=O)N[C@H](C(=O)C2CC2)C2CCCCC2)C2(C)CCCCC2)[C@@H]1C(=O)NC(CC1CC1)C(=O)C(N)=O. The summed E-state index contributed by atoms with van der Waals surface area (Å²) < 4.78 is 0. The molecule has 4 saturated carbocycles. The van der Waals surface area contributed by atoms with Crippen molar-refractivity contribution in [3.8, 4) is 0 Å². The Morgan fingerprint density at radius 1 is 0.837 bits per heavy atom. The van der Waals surface area contributed by atoms with Crippen LogP contribution in [0.25, 0.3) is 0 Å². The molecule has 1 heterocycles. The maximum Gasteiger partial charge on any atom is 0.316 e. The lowest BCUT2D eigenvalue weighted by Crippen LogP contribution is -2.63. The summed E-state index contributed by atoms with van der Waals surface area (Å²) in [5.41, 5.74) is 4.55. The van der Waals surface area contributed by atoms with E-state index in [1.165, 1.54) is 0 Å². The van der Waals surface area contributed by atoms with E-state index in [1.54, 1.807) is 4.90 Å². The molecule has 274 valence electrons. The second-order valence-corrected chi connectivity index (χ2v) is 17.0. The Morgan fingerprint density at radius 3 is 2.04 bits per heavy atom. The molecule has 49 heavy (non-hydrogen) atoms. The summed E-state index contributed by atoms with van der Waals surface area (Å²) >= 11 is 0. The molecule has 1 saturated heterocycles. The highest BCUT2D eigenvalue weighted by molar-refractivity contribution is 6.37. The Labute approximate surface area is 292 Å². The van der Waals surface area contributed by atoms with Gasteiger partial charge in [0, 0.05) is 12.5 Å². The average molecular weight is 684 g/mol. The van der Waals surface area contributed by atoms with Gasteiger partial charge < -0.3 is 26.6 Å².